The molecule has 0 N–H and O–H groups in total. The molecule has 0 saturated heterocycles. The van der Waals surface area contributed by atoms with Crippen molar-refractivity contribution in [3.8, 4) is 23.0 Å². The zero-order chi connectivity index (χ0) is 95.8. The summed E-state index contributed by atoms with van der Waals surface area (Å²) >= 11 is 0. The van der Waals surface area contributed by atoms with Crippen LogP contribution < -0.4 is 18.9 Å². The van der Waals surface area contributed by atoms with Crippen molar-refractivity contribution in [2.24, 2.45) is 0 Å². The molecule has 0 heterocycles. The van der Waals surface area contributed by atoms with E-state index in [1.54, 1.807) is 0 Å². The fourth-order valence-corrected chi connectivity index (χ4v) is 19.2. The molecule has 4 aromatic carbocycles. The van der Waals surface area contributed by atoms with Gasteiger partial charge in [-0.2, -0.15) is 0 Å². The van der Waals surface area contributed by atoms with Crippen molar-refractivity contribution in [1.29, 1.82) is 0 Å². The van der Waals surface area contributed by atoms with Crippen LogP contribution in [0.3, 0.4) is 0 Å². The molecule has 756 valence electrons. The minimum atomic E-state index is -0.574. The van der Waals surface area contributed by atoms with Gasteiger partial charge in [0.2, 0.25) is 0 Å². The van der Waals surface area contributed by atoms with Crippen molar-refractivity contribution in [3.63, 3.8) is 0 Å². The molecule has 8 bridgehead atoms. The highest BCUT2D eigenvalue weighted by molar-refractivity contribution is 5.85. The van der Waals surface area contributed by atoms with Crippen LogP contribution in [0, 0.1) is 0 Å². The molecule has 0 unspecified atom stereocenters. The second-order valence-electron chi connectivity index (χ2n) is 39.2. The van der Waals surface area contributed by atoms with E-state index in [1.807, 2.05) is 0 Å². The summed E-state index contributed by atoms with van der Waals surface area (Å²) < 4.78 is 58.5. The van der Waals surface area contributed by atoms with Crippen LogP contribution in [-0.2, 0) is 94.2 Å². The van der Waals surface area contributed by atoms with Crippen molar-refractivity contribution in [2.75, 3.05) is 60.0 Å². The summed E-state index contributed by atoms with van der Waals surface area (Å²) in [5.41, 5.74) is 12.8. The van der Waals surface area contributed by atoms with E-state index in [0.29, 0.717) is 103 Å². The molecule has 0 amide bonds. The van der Waals surface area contributed by atoms with E-state index in [9.17, 15) is 19.2 Å². The maximum Gasteiger partial charge on any atom is 0.372 e. The smallest absolute Gasteiger partial charge is 0.372 e. The molecular formula is C121H194O13. The van der Waals surface area contributed by atoms with Crippen LogP contribution in [0.2, 0.25) is 0 Å². The van der Waals surface area contributed by atoms with E-state index in [4.69, 9.17) is 42.6 Å². The number of carbonyl (C=O) groups excluding carboxylic acids is 4. The van der Waals surface area contributed by atoms with Gasteiger partial charge in [-0.15, -0.1) is 0 Å². The zero-order valence-electron chi connectivity index (χ0n) is 86.6. The van der Waals surface area contributed by atoms with Crippen LogP contribution >= 0.6 is 0 Å². The lowest BCUT2D eigenvalue weighted by Gasteiger charge is -2.25. The molecule has 0 radical (unpaired) electrons. The van der Waals surface area contributed by atoms with Crippen LogP contribution in [0.4, 0.5) is 0 Å². The molecule has 13 nitrogen and oxygen atoms in total. The summed E-state index contributed by atoms with van der Waals surface area (Å²) in [6.07, 6.45) is 86.8. The predicted molar refractivity (Wildman–Crippen MR) is 563 cm³/mol. The monoisotopic (exact) mass is 1860 g/mol. The van der Waals surface area contributed by atoms with Gasteiger partial charge in [0, 0.05) is 43.9 Å². The van der Waals surface area contributed by atoms with E-state index < -0.39 is 23.9 Å². The lowest BCUT2D eigenvalue weighted by atomic mass is 9.87. The molecule has 13 heteroatoms. The highest BCUT2D eigenvalue weighted by atomic mass is 16.6. The number of unbranched alkanes of at least 4 members (excludes halogenated alkanes) is 56. The van der Waals surface area contributed by atoms with Gasteiger partial charge in [0.15, 0.2) is 5.76 Å². The number of carbonyl (C=O) groups is 4. The fourth-order valence-electron chi connectivity index (χ4n) is 19.2. The number of benzene rings is 4. The Labute approximate surface area is 819 Å². The second-order valence-corrected chi connectivity index (χ2v) is 39.2. The summed E-state index contributed by atoms with van der Waals surface area (Å²) in [7, 11) is 1.44. The second kappa shape index (κ2) is 80.6. The number of rotatable bonds is 89. The zero-order valence-corrected chi connectivity index (χ0v) is 86.6. The van der Waals surface area contributed by atoms with E-state index >= 15 is 0 Å². The molecule has 0 saturated carbocycles. The average molecular weight is 1860 g/mol. The van der Waals surface area contributed by atoms with Crippen LogP contribution in [0.5, 0.6) is 23.0 Å². The Bertz CT molecular complexity index is 3570. The van der Waals surface area contributed by atoms with Gasteiger partial charge in [0.05, 0.1) is 60.0 Å². The van der Waals surface area contributed by atoms with E-state index in [1.165, 1.54) is 334 Å². The van der Waals surface area contributed by atoms with E-state index in [-0.39, 0.29) is 32.2 Å². The normalized spacial score (nSPS) is 11.8. The van der Waals surface area contributed by atoms with Crippen LogP contribution in [0.1, 0.15) is 505 Å². The summed E-state index contributed by atoms with van der Waals surface area (Å²) in [6.45, 7) is 27.2. The minimum Gasteiger partial charge on any atom is -0.493 e. The Morgan fingerprint density at radius 1 is 0.231 bits per heavy atom. The van der Waals surface area contributed by atoms with Gasteiger partial charge in [0.25, 0.3) is 0 Å². The average Bonchev–Trinajstić information content (AvgIpc) is 0.771. The van der Waals surface area contributed by atoms with Crippen LogP contribution in [0.25, 0.3) is 0 Å². The first-order chi connectivity index (χ1) is 65.9. The van der Waals surface area contributed by atoms with Crippen molar-refractivity contribution in [1.82, 2.24) is 0 Å². The predicted octanol–water partition coefficient (Wildman–Crippen LogP) is 34.0. The van der Waals surface area contributed by atoms with Crippen molar-refractivity contribution in [3.05, 3.63) is 166 Å². The number of fused-ring (bicyclic) bond motifs is 8. The van der Waals surface area contributed by atoms with Crippen molar-refractivity contribution >= 4 is 23.9 Å². The number of aryl methyl sites for hydroxylation is 4. The van der Waals surface area contributed by atoms with Gasteiger partial charge in [0.1, 0.15) is 23.0 Å². The summed E-state index contributed by atoms with van der Waals surface area (Å²) in [4.78, 5) is 51.3. The Balaban J connectivity index is 1.75. The molecular weight excluding hydrogens is 1660 g/mol. The summed E-state index contributed by atoms with van der Waals surface area (Å²) in [6, 6.07) is 18.8. The molecule has 0 fully saturated rings. The van der Waals surface area contributed by atoms with Gasteiger partial charge >= 0.3 is 23.9 Å². The van der Waals surface area contributed by atoms with Gasteiger partial charge in [-0.25, -0.2) is 19.2 Å². The SMILES string of the molecule is C=CC(=O)OCCCc1cc2c(OCCCCCCCCCCCCCCCCC)c(c1)Cc1cc(CCCOC(=O)C=C)cc(c1OCCCCCCCCCCCCCCCCC)Cc1cc(CCCOC(=O)C(=C)OC)cc(c1OCCCCCCCCCCCCCCCCC)Cc1cc(CCCOC(=O)C=C)cc(c1OCCCCCCCCCCCCCCCCC)C2. The van der Waals surface area contributed by atoms with Gasteiger partial charge in [-0.3, -0.25) is 0 Å². The number of methoxy groups -OCH3 is 1. The van der Waals surface area contributed by atoms with Crippen molar-refractivity contribution < 1.29 is 61.8 Å². The highest BCUT2D eigenvalue weighted by Gasteiger charge is 2.27. The Morgan fingerprint density at radius 3 is 0.545 bits per heavy atom. The molecule has 5 rings (SSSR count). The molecule has 0 spiro atoms. The Hall–Kier alpha value is -7.28. The molecule has 0 atom stereocenters. The molecule has 0 aliphatic heterocycles. The van der Waals surface area contributed by atoms with E-state index in [2.05, 4.69) is 103 Å². The molecule has 1 aliphatic carbocycles. The first-order valence-corrected chi connectivity index (χ1v) is 55.8. The molecule has 1 aliphatic rings. The van der Waals surface area contributed by atoms with Crippen LogP contribution in [0.15, 0.2) is 98.8 Å². The molecule has 4 aromatic rings. The fraction of sp³-hybridized carbons (Fsp3) is 0.702. The van der Waals surface area contributed by atoms with E-state index in [0.717, 1.165) is 167 Å². The first-order valence-electron chi connectivity index (χ1n) is 55.8. The number of esters is 4. The maximum atomic E-state index is 13.2. The molecule has 0 aromatic heterocycles. The standard InChI is InChI=1S/C121H194O13/c1-10-17-21-25-29-33-37-41-45-49-53-57-61-65-69-81-130-117-106-89-102(77-73-85-127-114(122)14-5)90-107(117)98-109-92-104(79-75-87-129-116(124)16-7)94-111(119(109)132-83-71-67-63-59-55-51-47-43-39-35-31-27-23-19-12-3)100-113-96-105(80-76-88-134-121(125)101(8)126-9)95-112(120(113)133-84-72-68-64-60-56-52-48-44-40-36-32-28-24-20-13-4)99-110-93-103(78-74-86-128-115(123)15-6)91-108(97-106)118(110)131-82-70-66-62-58-54-50-46-42-38-34-30-26-22-18-11-2/h14-16,89-96H,5-8,10-13,17-88,97-100H2,1-4,9H3. The van der Waals surface area contributed by atoms with Gasteiger partial charge in [-0.1, -0.05) is 456 Å². The Kier molecular flexibility index (Phi) is 70.5. The first kappa shape index (κ1) is 117. The number of ether oxygens (including phenoxy) is 9. The summed E-state index contributed by atoms with van der Waals surface area (Å²) in [5, 5.41) is 0. The third kappa shape index (κ3) is 55.9. The van der Waals surface area contributed by atoms with Crippen molar-refractivity contribution in [2.45, 2.75) is 490 Å². The maximum absolute atomic E-state index is 13.2. The summed E-state index contributed by atoms with van der Waals surface area (Å²) in [5.74, 6) is 1.56. The lowest BCUT2D eigenvalue weighted by Crippen LogP contribution is -2.13. The third-order valence-electron chi connectivity index (χ3n) is 27.1. The quantitative estimate of drug-likeness (QED) is 0.0119. The lowest BCUT2D eigenvalue weighted by molar-refractivity contribution is -0.142. The van der Waals surface area contributed by atoms with Crippen LogP contribution in [-0.4, -0.2) is 83.8 Å². The van der Waals surface area contributed by atoms with Gasteiger partial charge < -0.3 is 42.6 Å². The highest BCUT2D eigenvalue weighted by Crippen LogP contribution is 2.43. The molecule has 134 heavy (non-hydrogen) atoms. The minimum absolute atomic E-state index is 0.0330. The third-order valence-corrected chi connectivity index (χ3v) is 27.1. The Morgan fingerprint density at radius 2 is 0.388 bits per heavy atom. The largest absolute Gasteiger partial charge is 0.493 e. The number of hydrogen-bond donors (Lipinski definition) is 0. The number of hydrogen-bond acceptors (Lipinski definition) is 13. The van der Waals surface area contributed by atoms with Gasteiger partial charge in [-0.05, 0) is 150 Å². The topological polar surface area (TPSA) is 151 Å².